The van der Waals surface area contributed by atoms with E-state index in [0.29, 0.717) is 52.7 Å². The lowest BCUT2D eigenvalue weighted by Crippen LogP contribution is -2.41. The van der Waals surface area contributed by atoms with Gasteiger partial charge in [0.05, 0.1) is 13.4 Å². The zero-order chi connectivity index (χ0) is 26.4. The number of nitrogens with zero attached hydrogens (tertiary/aromatic N) is 2. The molecule has 5 rings (SSSR count). The first-order valence-corrected chi connectivity index (χ1v) is 13.2. The number of nitrogens with two attached hydrogens (primary N) is 1. The molecule has 0 spiro atoms. The van der Waals surface area contributed by atoms with Gasteiger partial charge >= 0.3 is 10.1 Å². The van der Waals surface area contributed by atoms with Gasteiger partial charge in [-0.25, -0.2) is 4.99 Å². The Morgan fingerprint density at radius 3 is 2.32 bits per heavy atom. The molecule has 2 aliphatic heterocycles. The number of methoxy groups -OCH3 is 1. The van der Waals surface area contributed by atoms with Gasteiger partial charge in [-0.15, -0.1) is 0 Å². The predicted octanol–water partition coefficient (Wildman–Crippen LogP) is 2.50. The summed E-state index contributed by atoms with van der Waals surface area (Å²) in [5, 5.41) is 0. The summed E-state index contributed by atoms with van der Waals surface area (Å²) >= 11 is 0. The van der Waals surface area contributed by atoms with Crippen LogP contribution in [0.25, 0.3) is 11.1 Å². The molecule has 0 saturated heterocycles. The van der Waals surface area contributed by atoms with Crippen LogP contribution >= 0.6 is 0 Å². The van der Waals surface area contributed by atoms with E-state index in [4.69, 9.17) is 24.1 Å². The standard InChI is InChI=1S/C26H25N3O7S/c1-29-24(30)26(28-25(29)27,19-7-8-22-23(14-19)35-10-9-34-22)18-6-4-5-16(11-18)17-12-20(33-2)15-21(13-17)36-37(3,31)32/h4-8,11-15H,9-10H2,1-3H3,(H2,27,28). The van der Waals surface area contributed by atoms with Gasteiger partial charge in [0.1, 0.15) is 24.7 Å². The van der Waals surface area contributed by atoms with Crippen molar-refractivity contribution in [2.24, 2.45) is 10.7 Å². The van der Waals surface area contributed by atoms with Crippen molar-refractivity contribution in [2.45, 2.75) is 5.54 Å². The van der Waals surface area contributed by atoms with E-state index in [0.717, 1.165) is 6.26 Å². The Hall–Kier alpha value is -4.25. The molecule has 0 saturated carbocycles. The third-order valence-corrected chi connectivity index (χ3v) is 6.67. The largest absolute Gasteiger partial charge is 0.497 e. The van der Waals surface area contributed by atoms with Crippen molar-refractivity contribution >= 4 is 22.0 Å². The Bertz CT molecular complexity index is 1540. The average molecular weight is 524 g/mol. The molecule has 1 amide bonds. The van der Waals surface area contributed by atoms with Gasteiger partial charge in [0.25, 0.3) is 5.91 Å². The van der Waals surface area contributed by atoms with Crippen LogP contribution in [0, 0.1) is 0 Å². The maximum Gasteiger partial charge on any atom is 0.306 e. The van der Waals surface area contributed by atoms with Crippen LogP contribution in [0.15, 0.2) is 65.7 Å². The Morgan fingerprint density at radius 1 is 0.946 bits per heavy atom. The van der Waals surface area contributed by atoms with Crippen molar-refractivity contribution < 1.29 is 31.6 Å². The van der Waals surface area contributed by atoms with Crippen LogP contribution in [0.2, 0.25) is 0 Å². The van der Waals surface area contributed by atoms with Crippen LogP contribution in [0.1, 0.15) is 11.1 Å². The van der Waals surface area contributed by atoms with Crippen molar-refractivity contribution in [1.82, 2.24) is 4.90 Å². The molecule has 1 unspecified atom stereocenters. The molecule has 37 heavy (non-hydrogen) atoms. The van der Waals surface area contributed by atoms with E-state index in [2.05, 4.69) is 4.99 Å². The zero-order valence-corrected chi connectivity index (χ0v) is 21.2. The number of benzene rings is 3. The van der Waals surface area contributed by atoms with E-state index < -0.39 is 15.7 Å². The SMILES string of the molecule is COc1cc(OS(C)(=O)=O)cc(-c2cccc(C3(c4ccc5c(c4)OCCO5)N=C(N)N(C)C3=O)c2)c1. The first-order valence-electron chi connectivity index (χ1n) is 11.3. The van der Waals surface area contributed by atoms with Crippen LogP contribution in [0.3, 0.4) is 0 Å². The van der Waals surface area contributed by atoms with Crippen LogP contribution in [-0.4, -0.2) is 58.8 Å². The topological polar surface area (TPSA) is 130 Å². The second kappa shape index (κ2) is 9.00. The molecule has 2 aliphatic rings. The van der Waals surface area contributed by atoms with E-state index in [9.17, 15) is 13.2 Å². The molecule has 3 aromatic carbocycles. The summed E-state index contributed by atoms with van der Waals surface area (Å²) < 4.78 is 45.3. The number of guanidine groups is 1. The van der Waals surface area contributed by atoms with Gasteiger partial charge in [-0.2, -0.15) is 8.42 Å². The van der Waals surface area contributed by atoms with E-state index >= 15 is 0 Å². The number of hydrogen-bond acceptors (Lipinski definition) is 9. The van der Waals surface area contributed by atoms with Crippen LogP contribution in [-0.2, 0) is 20.5 Å². The molecule has 0 aliphatic carbocycles. The highest BCUT2D eigenvalue weighted by Gasteiger charge is 2.50. The number of rotatable bonds is 6. The molecule has 3 aromatic rings. The summed E-state index contributed by atoms with van der Waals surface area (Å²) in [6, 6.07) is 17.3. The predicted molar refractivity (Wildman–Crippen MR) is 137 cm³/mol. The molecular weight excluding hydrogens is 498 g/mol. The van der Waals surface area contributed by atoms with E-state index in [1.807, 2.05) is 12.1 Å². The highest BCUT2D eigenvalue weighted by atomic mass is 32.2. The second-order valence-corrected chi connectivity index (χ2v) is 10.2. The van der Waals surface area contributed by atoms with E-state index in [1.165, 1.54) is 18.1 Å². The Labute approximate surface area is 214 Å². The first kappa shape index (κ1) is 24.4. The van der Waals surface area contributed by atoms with Gasteiger partial charge < -0.3 is 24.1 Å². The average Bonchev–Trinajstić information content (AvgIpc) is 3.12. The fourth-order valence-corrected chi connectivity index (χ4v) is 4.90. The molecule has 2 N–H and O–H groups in total. The van der Waals surface area contributed by atoms with Gasteiger partial charge in [-0.1, -0.05) is 24.3 Å². The lowest BCUT2D eigenvalue weighted by molar-refractivity contribution is -0.129. The lowest BCUT2D eigenvalue weighted by Gasteiger charge is -2.28. The normalized spacial score (nSPS) is 18.9. The van der Waals surface area contributed by atoms with E-state index in [1.54, 1.807) is 49.5 Å². The number of ether oxygens (including phenoxy) is 3. The van der Waals surface area contributed by atoms with Crippen LogP contribution < -0.4 is 24.1 Å². The van der Waals surface area contributed by atoms with Gasteiger partial charge in [-0.3, -0.25) is 9.69 Å². The summed E-state index contributed by atoms with van der Waals surface area (Å²) in [6.07, 6.45) is 0.967. The number of amides is 1. The van der Waals surface area contributed by atoms with Crippen LogP contribution in [0.4, 0.5) is 0 Å². The fourth-order valence-electron chi connectivity index (χ4n) is 4.46. The molecule has 10 nitrogen and oxygen atoms in total. The van der Waals surface area contributed by atoms with E-state index in [-0.39, 0.29) is 17.6 Å². The minimum Gasteiger partial charge on any atom is -0.497 e. The van der Waals surface area contributed by atoms with Crippen molar-refractivity contribution in [3.8, 4) is 34.1 Å². The van der Waals surface area contributed by atoms with Crippen LogP contribution in [0.5, 0.6) is 23.0 Å². The van der Waals surface area contributed by atoms with Gasteiger partial charge in [0, 0.05) is 13.1 Å². The third kappa shape index (κ3) is 4.42. The molecule has 1 atom stereocenters. The van der Waals surface area contributed by atoms with Gasteiger partial charge in [0.2, 0.25) is 0 Å². The molecule has 0 bridgehead atoms. The maximum atomic E-state index is 13.7. The number of likely N-dealkylation sites (N-methyl/N-ethyl adjacent to an activating group) is 1. The number of hydrogen-bond donors (Lipinski definition) is 1. The molecule has 0 radical (unpaired) electrons. The quantitative estimate of drug-likeness (QED) is 0.488. The molecule has 2 heterocycles. The molecule has 0 fully saturated rings. The Morgan fingerprint density at radius 2 is 1.65 bits per heavy atom. The van der Waals surface area contributed by atoms with Crippen molar-refractivity contribution in [1.29, 1.82) is 0 Å². The summed E-state index contributed by atoms with van der Waals surface area (Å²) in [7, 11) is -0.710. The number of fused-ring (bicyclic) bond motifs is 1. The highest BCUT2D eigenvalue weighted by molar-refractivity contribution is 7.86. The Kier molecular flexibility index (Phi) is 5.95. The van der Waals surface area contributed by atoms with Crippen molar-refractivity contribution in [2.75, 3.05) is 33.6 Å². The minimum absolute atomic E-state index is 0.0792. The number of aliphatic imine (C=N–C) groups is 1. The minimum atomic E-state index is -3.75. The molecule has 0 aromatic heterocycles. The summed E-state index contributed by atoms with van der Waals surface area (Å²) in [5.74, 6) is 1.36. The summed E-state index contributed by atoms with van der Waals surface area (Å²) in [5.41, 5.74) is 7.10. The molecule has 192 valence electrons. The Balaban J connectivity index is 1.67. The number of carbonyl (C=O) groups is 1. The summed E-state index contributed by atoms with van der Waals surface area (Å²) in [6.45, 7) is 0.837. The van der Waals surface area contributed by atoms with Gasteiger partial charge in [0.15, 0.2) is 23.0 Å². The maximum absolute atomic E-state index is 13.7. The monoisotopic (exact) mass is 523 g/mol. The first-order chi connectivity index (χ1) is 17.6. The smallest absolute Gasteiger partial charge is 0.306 e. The number of carbonyl (C=O) groups excluding carboxylic acids is 1. The third-order valence-electron chi connectivity index (χ3n) is 6.18. The van der Waals surface area contributed by atoms with Crippen molar-refractivity contribution in [3.63, 3.8) is 0 Å². The summed E-state index contributed by atoms with van der Waals surface area (Å²) in [4.78, 5) is 19.7. The van der Waals surface area contributed by atoms with Gasteiger partial charge in [-0.05, 0) is 52.6 Å². The highest BCUT2D eigenvalue weighted by Crippen LogP contribution is 2.44. The molecular formula is C26H25N3O7S. The molecule has 11 heteroatoms. The van der Waals surface area contributed by atoms with Crippen molar-refractivity contribution in [3.05, 3.63) is 71.8 Å². The lowest BCUT2D eigenvalue weighted by atomic mass is 9.81. The second-order valence-electron chi connectivity index (χ2n) is 8.67. The fraction of sp³-hybridized carbons (Fsp3) is 0.231. The zero-order valence-electron chi connectivity index (χ0n) is 20.4.